The molecule has 17 heavy (non-hydrogen) atoms. The summed E-state index contributed by atoms with van der Waals surface area (Å²) in [5.41, 5.74) is 8.41. The average molecular weight is 247 g/mol. The summed E-state index contributed by atoms with van der Waals surface area (Å²) in [5, 5.41) is 10.1. The van der Waals surface area contributed by atoms with E-state index in [0.29, 0.717) is 21.8 Å². The zero-order valence-corrected chi connectivity index (χ0v) is 11.0. The minimum atomic E-state index is 0.619. The Labute approximate surface area is 107 Å². The lowest BCUT2D eigenvalue weighted by molar-refractivity contribution is 0.729. The van der Waals surface area contributed by atoms with Crippen LogP contribution in [0.1, 0.15) is 19.4 Å². The van der Waals surface area contributed by atoms with E-state index in [9.17, 15) is 0 Å². The molecule has 2 N–H and O–H groups in total. The van der Waals surface area contributed by atoms with Crippen molar-refractivity contribution in [3.63, 3.8) is 0 Å². The molecule has 90 valence electrons. The Morgan fingerprint density at radius 2 is 2.00 bits per heavy atom. The van der Waals surface area contributed by atoms with Crippen molar-refractivity contribution in [3.05, 3.63) is 23.8 Å². The molecule has 2 rings (SSSR count). The molecule has 0 radical (unpaired) electrons. The first-order valence-corrected chi connectivity index (χ1v) is 6.74. The number of anilines is 2. The van der Waals surface area contributed by atoms with Crippen molar-refractivity contribution < 1.29 is 0 Å². The van der Waals surface area contributed by atoms with Crippen LogP contribution in [0.5, 0.6) is 0 Å². The van der Waals surface area contributed by atoms with Crippen molar-refractivity contribution in [2.45, 2.75) is 24.3 Å². The molecule has 1 aromatic carbocycles. The largest absolute Gasteiger partial charge is 0.397 e. The van der Waals surface area contributed by atoms with E-state index in [2.05, 4.69) is 24.8 Å². The van der Waals surface area contributed by atoms with Gasteiger partial charge in [0.1, 0.15) is 0 Å². The van der Waals surface area contributed by atoms with E-state index >= 15 is 0 Å². The van der Waals surface area contributed by atoms with Gasteiger partial charge in [0.25, 0.3) is 0 Å². The summed E-state index contributed by atoms with van der Waals surface area (Å²) < 4.78 is 0. The number of nitrogens with zero attached hydrogens (tertiary/aromatic N) is 2. The number of hydrogen-bond acceptors (Lipinski definition) is 4. The average Bonchev–Trinajstić information content (AvgIpc) is 2.27. The predicted molar refractivity (Wildman–Crippen MR) is 74.3 cm³/mol. The van der Waals surface area contributed by atoms with Gasteiger partial charge in [-0.05, 0) is 18.2 Å². The van der Waals surface area contributed by atoms with Crippen molar-refractivity contribution >= 4 is 23.1 Å². The number of hydrogen-bond donors (Lipinski definition) is 1. The van der Waals surface area contributed by atoms with Crippen molar-refractivity contribution in [1.29, 1.82) is 5.26 Å². The zero-order valence-electron chi connectivity index (χ0n) is 10.2. The molecule has 1 aromatic rings. The Morgan fingerprint density at radius 1 is 1.35 bits per heavy atom. The molecule has 4 heteroatoms. The Hall–Kier alpha value is -1.34. The van der Waals surface area contributed by atoms with Crippen LogP contribution >= 0.6 is 11.8 Å². The lowest BCUT2D eigenvalue weighted by Crippen LogP contribution is -2.40. The molecule has 0 aliphatic carbocycles. The molecule has 0 spiro atoms. The number of nitrogen functional groups attached to an aromatic ring is 1. The first-order chi connectivity index (χ1) is 8.10. The Balaban J connectivity index is 2.25. The molecule has 0 saturated carbocycles. The molecular formula is C13H17N3S. The number of nitrogens with two attached hydrogens (primary N) is 1. The second-order valence-corrected chi connectivity index (χ2v) is 6.43. The van der Waals surface area contributed by atoms with Gasteiger partial charge in [-0.2, -0.15) is 17.0 Å². The van der Waals surface area contributed by atoms with Gasteiger partial charge < -0.3 is 10.6 Å². The number of nitriles is 1. The minimum Gasteiger partial charge on any atom is -0.397 e. The van der Waals surface area contributed by atoms with Crippen molar-refractivity contribution in [3.8, 4) is 6.07 Å². The molecule has 2 unspecified atom stereocenters. The molecule has 1 saturated heterocycles. The van der Waals surface area contributed by atoms with Gasteiger partial charge in [0, 0.05) is 23.6 Å². The van der Waals surface area contributed by atoms with Crippen LogP contribution < -0.4 is 10.6 Å². The van der Waals surface area contributed by atoms with E-state index in [4.69, 9.17) is 11.0 Å². The summed E-state index contributed by atoms with van der Waals surface area (Å²) in [6, 6.07) is 7.67. The third-order valence-corrected chi connectivity index (χ3v) is 4.14. The van der Waals surface area contributed by atoms with E-state index in [0.717, 1.165) is 18.8 Å². The van der Waals surface area contributed by atoms with Gasteiger partial charge in [-0.3, -0.25) is 0 Å². The van der Waals surface area contributed by atoms with Gasteiger partial charge in [-0.25, -0.2) is 0 Å². The highest BCUT2D eigenvalue weighted by molar-refractivity contribution is 8.00. The van der Waals surface area contributed by atoms with Crippen LogP contribution in [0, 0.1) is 11.3 Å². The summed E-state index contributed by atoms with van der Waals surface area (Å²) in [5.74, 6) is 0. The maximum absolute atomic E-state index is 8.82. The van der Waals surface area contributed by atoms with Crippen LogP contribution in [0.4, 0.5) is 11.4 Å². The lowest BCUT2D eigenvalue weighted by Gasteiger charge is -2.36. The van der Waals surface area contributed by atoms with Crippen molar-refractivity contribution in [2.75, 3.05) is 23.7 Å². The minimum absolute atomic E-state index is 0.619. The quantitative estimate of drug-likeness (QED) is 0.775. The van der Waals surface area contributed by atoms with Gasteiger partial charge in [0.15, 0.2) is 0 Å². The highest BCUT2D eigenvalue weighted by Gasteiger charge is 2.23. The normalized spacial score (nSPS) is 24.4. The summed E-state index contributed by atoms with van der Waals surface area (Å²) in [6.07, 6.45) is 0. The molecule has 1 aliphatic rings. The van der Waals surface area contributed by atoms with E-state index in [-0.39, 0.29) is 0 Å². The SMILES string of the molecule is CC1CN(c2ccc(C#N)cc2N)CC(C)S1. The standard InChI is InChI=1S/C13H17N3S/c1-9-7-16(8-10(2)17-9)13-4-3-11(6-14)5-12(13)15/h3-5,9-10H,7-8,15H2,1-2H3. The second-order valence-electron chi connectivity index (χ2n) is 4.55. The predicted octanol–water partition coefficient (Wildman–Crippen LogP) is 2.47. The van der Waals surface area contributed by atoms with Gasteiger partial charge in [-0.1, -0.05) is 13.8 Å². The van der Waals surface area contributed by atoms with Gasteiger partial charge in [0.05, 0.1) is 23.0 Å². The van der Waals surface area contributed by atoms with E-state index in [1.807, 2.05) is 23.9 Å². The smallest absolute Gasteiger partial charge is 0.0992 e. The van der Waals surface area contributed by atoms with Crippen LogP contribution in [0.2, 0.25) is 0 Å². The molecular weight excluding hydrogens is 230 g/mol. The fourth-order valence-electron chi connectivity index (χ4n) is 2.29. The fraction of sp³-hybridized carbons (Fsp3) is 0.462. The first kappa shape index (κ1) is 12.1. The summed E-state index contributed by atoms with van der Waals surface area (Å²) in [6.45, 7) is 6.52. The van der Waals surface area contributed by atoms with Gasteiger partial charge in [-0.15, -0.1) is 0 Å². The topological polar surface area (TPSA) is 53.0 Å². The van der Waals surface area contributed by atoms with Gasteiger partial charge >= 0.3 is 0 Å². The van der Waals surface area contributed by atoms with Crippen molar-refractivity contribution in [1.82, 2.24) is 0 Å². The molecule has 0 amide bonds. The Bertz CT molecular complexity index is 442. The third kappa shape index (κ3) is 2.67. The maximum Gasteiger partial charge on any atom is 0.0992 e. The zero-order chi connectivity index (χ0) is 12.4. The maximum atomic E-state index is 8.82. The second kappa shape index (κ2) is 4.89. The number of thioether (sulfide) groups is 1. The Morgan fingerprint density at radius 3 is 2.53 bits per heavy atom. The molecule has 1 heterocycles. The van der Waals surface area contributed by atoms with Crippen LogP contribution in [0.25, 0.3) is 0 Å². The number of benzene rings is 1. The Kier molecular flexibility index (Phi) is 3.49. The van der Waals surface area contributed by atoms with Crippen LogP contribution in [-0.4, -0.2) is 23.6 Å². The summed E-state index contributed by atoms with van der Waals surface area (Å²) in [4.78, 5) is 2.32. The van der Waals surface area contributed by atoms with Crippen molar-refractivity contribution in [2.24, 2.45) is 0 Å². The van der Waals surface area contributed by atoms with Crippen LogP contribution in [0.3, 0.4) is 0 Å². The monoisotopic (exact) mass is 247 g/mol. The highest BCUT2D eigenvalue weighted by Crippen LogP contribution is 2.31. The fourth-order valence-corrected chi connectivity index (χ4v) is 3.61. The van der Waals surface area contributed by atoms with Crippen LogP contribution in [-0.2, 0) is 0 Å². The highest BCUT2D eigenvalue weighted by atomic mass is 32.2. The van der Waals surface area contributed by atoms with Gasteiger partial charge in [0.2, 0.25) is 0 Å². The van der Waals surface area contributed by atoms with E-state index < -0.39 is 0 Å². The summed E-state index contributed by atoms with van der Waals surface area (Å²) >= 11 is 2.02. The molecule has 2 atom stereocenters. The molecule has 1 fully saturated rings. The first-order valence-electron chi connectivity index (χ1n) is 5.80. The lowest BCUT2D eigenvalue weighted by atomic mass is 10.1. The third-order valence-electron chi connectivity index (χ3n) is 2.92. The number of rotatable bonds is 1. The van der Waals surface area contributed by atoms with Crippen LogP contribution in [0.15, 0.2) is 18.2 Å². The molecule has 0 aromatic heterocycles. The van der Waals surface area contributed by atoms with E-state index in [1.165, 1.54) is 0 Å². The molecule has 1 aliphatic heterocycles. The summed E-state index contributed by atoms with van der Waals surface area (Å²) in [7, 11) is 0. The van der Waals surface area contributed by atoms with E-state index in [1.54, 1.807) is 6.07 Å². The molecule has 3 nitrogen and oxygen atoms in total. The molecule has 0 bridgehead atoms.